The van der Waals surface area contributed by atoms with Crippen molar-refractivity contribution >= 4 is 11.8 Å². The average Bonchev–Trinajstić information content (AvgIpc) is 2.07. The number of cyclic esters (lactones) is 1. The molecule has 0 saturated heterocycles. The van der Waals surface area contributed by atoms with Gasteiger partial charge in [0.1, 0.15) is 5.57 Å². The Bertz CT molecular complexity index is 251. The van der Waals surface area contributed by atoms with E-state index >= 15 is 0 Å². The van der Waals surface area contributed by atoms with Gasteiger partial charge in [-0.1, -0.05) is 0 Å². The highest BCUT2D eigenvalue weighted by molar-refractivity contribution is 6.18. The van der Waals surface area contributed by atoms with Gasteiger partial charge in [-0.15, -0.1) is 0 Å². The highest BCUT2D eigenvalue weighted by Crippen LogP contribution is 2.20. The Morgan fingerprint density at radius 3 is 2.36 bits per heavy atom. The van der Waals surface area contributed by atoms with Crippen LogP contribution in [0.3, 0.4) is 0 Å². The van der Waals surface area contributed by atoms with Gasteiger partial charge in [-0.25, -0.2) is 4.79 Å². The predicted molar refractivity (Wildman–Crippen MR) is 35.9 cm³/mol. The van der Waals surface area contributed by atoms with Crippen molar-refractivity contribution in [3.05, 3.63) is 11.3 Å². The Hall–Kier alpha value is -1.32. The number of ketones is 1. The summed E-state index contributed by atoms with van der Waals surface area (Å²) in [7, 11) is 0. The number of rotatable bonds is 1. The number of Topliss-reactive ketones (excluding diaryl/α,β-unsaturated/α-hetero) is 1. The lowest BCUT2D eigenvalue weighted by Gasteiger charge is -1.99. The molecule has 0 radical (unpaired) electrons. The van der Waals surface area contributed by atoms with Crippen molar-refractivity contribution in [1.82, 2.24) is 0 Å². The van der Waals surface area contributed by atoms with Crippen molar-refractivity contribution in [1.29, 1.82) is 0 Å². The lowest BCUT2D eigenvalue weighted by molar-refractivity contribution is -0.140. The SMILES string of the molecule is CC(=O)C1=C(O)[C@H](C)OC1=O. The molecule has 0 aromatic rings. The molecule has 1 aliphatic heterocycles. The summed E-state index contributed by atoms with van der Waals surface area (Å²) >= 11 is 0. The minimum absolute atomic E-state index is 0.225. The molecule has 1 heterocycles. The second-order valence-corrected chi connectivity index (χ2v) is 2.36. The second kappa shape index (κ2) is 2.38. The van der Waals surface area contributed by atoms with E-state index in [9.17, 15) is 9.59 Å². The maximum atomic E-state index is 10.8. The standard InChI is InChI=1S/C7H8O4/c1-3(8)5-6(9)4(2)11-7(5)10/h4,9H,1-2H3/t4-/m0/s1. The lowest BCUT2D eigenvalue weighted by atomic mass is 10.1. The van der Waals surface area contributed by atoms with Crippen LogP contribution in [0.1, 0.15) is 13.8 Å². The Balaban J connectivity index is 3.07. The van der Waals surface area contributed by atoms with Crippen LogP contribution in [0.25, 0.3) is 0 Å². The molecule has 0 bridgehead atoms. The van der Waals surface area contributed by atoms with E-state index in [4.69, 9.17) is 5.11 Å². The van der Waals surface area contributed by atoms with Crippen LogP contribution in [0.2, 0.25) is 0 Å². The zero-order chi connectivity index (χ0) is 8.59. The van der Waals surface area contributed by atoms with Crippen LogP contribution in [0.15, 0.2) is 11.3 Å². The maximum Gasteiger partial charge on any atom is 0.346 e. The first-order chi connectivity index (χ1) is 5.04. The van der Waals surface area contributed by atoms with Crippen molar-refractivity contribution in [2.75, 3.05) is 0 Å². The summed E-state index contributed by atoms with van der Waals surface area (Å²) in [5.74, 6) is -1.46. The highest BCUT2D eigenvalue weighted by atomic mass is 16.6. The Morgan fingerprint density at radius 2 is 2.18 bits per heavy atom. The van der Waals surface area contributed by atoms with Crippen LogP contribution in [0.4, 0.5) is 0 Å². The van der Waals surface area contributed by atoms with E-state index in [1.165, 1.54) is 13.8 Å². The van der Waals surface area contributed by atoms with Crippen molar-refractivity contribution in [3.8, 4) is 0 Å². The molecule has 0 spiro atoms. The number of carbonyl (C=O) groups excluding carboxylic acids is 2. The number of carbonyl (C=O) groups is 2. The highest BCUT2D eigenvalue weighted by Gasteiger charge is 2.33. The van der Waals surface area contributed by atoms with E-state index in [2.05, 4.69) is 4.74 Å². The molecule has 11 heavy (non-hydrogen) atoms. The second-order valence-electron chi connectivity index (χ2n) is 2.36. The molecule has 0 aromatic carbocycles. The Labute approximate surface area is 63.5 Å². The average molecular weight is 156 g/mol. The van der Waals surface area contributed by atoms with E-state index in [-0.39, 0.29) is 11.3 Å². The summed E-state index contributed by atoms with van der Waals surface area (Å²) in [6.07, 6.45) is -0.679. The first-order valence-corrected chi connectivity index (χ1v) is 3.19. The van der Waals surface area contributed by atoms with Crippen molar-refractivity contribution < 1.29 is 19.4 Å². The van der Waals surface area contributed by atoms with Crippen molar-refractivity contribution in [2.45, 2.75) is 20.0 Å². The molecule has 0 amide bonds. The van der Waals surface area contributed by atoms with Crippen molar-refractivity contribution in [2.24, 2.45) is 0 Å². The number of hydrogen-bond acceptors (Lipinski definition) is 4. The largest absolute Gasteiger partial charge is 0.507 e. The molecule has 0 aliphatic carbocycles. The Morgan fingerprint density at radius 1 is 1.64 bits per heavy atom. The molecule has 0 saturated carbocycles. The summed E-state index contributed by atoms with van der Waals surface area (Å²) in [5.41, 5.74) is -0.225. The van der Waals surface area contributed by atoms with Gasteiger partial charge in [-0.05, 0) is 13.8 Å². The van der Waals surface area contributed by atoms with Crippen LogP contribution in [-0.4, -0.2) is 23.0 Å². The topological polar surface area (TPSA) is 63.6 Å². The molecule has 4 nitrogen and oxygen atoms in total. The molecule has 60 valence electrons. The van der Waals surface area contributed by atoms with Gasteiger partial charge < -0.3 is 9.84 Å². The minimum Gasteiger partial charge on any atom is -0.507 e. The third kappa shape index (κ3) is 1.11. The van der Waals surface area contributed by atoms with Gasteiger partial charge in [0, 0.05) is 0 Å². The number of aliphatic hydroxyl groups is 1. The molecule has 4 heteroatoms. The van der Waals surface area contributed by atoms with Crippen LogP contribution >= 0.6 is 0 Å². The van der Waals surface area contributed by atoms with Crippen LogP contribution < -0.4 is 0 Å². The van der Waals surface area contributed by atoms with Gasteiger partial charge in [0.05, 0.1) is 0 Å². The molecule has 1 rings (SSSR count). The van der Waals surface area contributed by atoms with Gasteiger partial charge in [-0.2, -0.15) is 0 Å². The fourth-order valence-electron chi connectivity index (χ4n) is 0.907. The third-order valence-corrected chi connectivity index (χ3v) is 1.48. The lowest BCUT2D eigenvalue weighted by Crippen LogP contribution is -2.07. The monoisotopic (exact) mass is 156 g/mol. The third-order valence-electron chi connectivity index (χ3n) is 1.48. The summed E-state index contributed by atoms with van der Waals surface area (Å²) in [6, 6.07) is 0. The molecule has 0 aromatic heterocycles. The van der Waals surface area contributed by atoms with E-state index in [1.807, 2.05) is 0 Å². The zero-order valence-electron chi connectivity index (χ0n) is 6.25. The van der Waals surface area contributed by atoms with Crippen LogP contribution in [0, 0.1) is 0 Å². The van der Waals surface area contributed by atoms with Gasteiger partial charge >= 0.3 is 5.97 Å². The van der Waals surface area contributed by atoms with Gasteiger partial charge in [0.15, 0.2) is 17.6 Å². The van der Waals surface area contributed by atoms with Gasteiger partial charge in [-0.3, -0.25) is 4.79 Å². The molecule has 1 aliphatic rings. The number of ether oxygens (including phenoxy) is 1. The molecule has 1 atom stereocenters. The number of hydrogen-bond donors (Lipinski definition) is 1. The quantitative estimate of drug-likeness (QED) is 0.439. The fraction of sp³-hybridized carbons (Fsp3) is 0.429. The minimum atomic E-state index is -0.734. The number of aliphatic hydroxyl groups excluding tert-OH is 1. The van der Waals surface area contributed by atoms with E-state index in [0.717, 1.165) is 0 Å². The fourth-order valence-corrected chi connectivity index (χ4v) is 0.907. The van der Waals surface area contributed by atoms with Gasteiger partial charge in [0.2, 0.25) is 0 Å². The summed E-state index contributed by atoms with van der Waals surface area (Å²) < 4.78 is 4.56. The smallest absolute Gasteiger partial charge is 0.346 e. The molecule has 0 unspecified atom stereocenters. The summed E-state index contributed by atoms with van der Waals surface area (Å²) in [5, 5.41) is 9.11. The zero-order valence-corrected chi connectivity index (χ0v) is 6.25. The molecule has 1 N–H and O–H groups in total. The van der Waals surface area contributed by atoms with E-state index in [0.29, 0.717) is 0 Å². The Kier molecular flexibility index (Phi) is 1.68. The van der Waals surface area contributed by atoms with E-state index in [1.54, 1.807) is 0 Å². The first-order valence-electron chi connectivity index (χ1n) is 3.19. The molecular weight excluding hydrogens is 148 g/mol. The normalized spacial score (nSPS) is 23.8. The van der Waals surface area contributed by atoms with Crippen LogP contribution in [-0.2, 0) is 14.3 Å². The van der Waals surface area contributed by atoms with Gasteiger partial charge in [0.25, 0.3) is 0 Å². The van der Waals surface area contributed by atoms with E-state index < -0.39 is 17.9 Å². The molecular formula is C7H8O4. The summed E-state index contributed by atoms with van der Waals surface area (Å²) in [4.78, 5) is 21.5. The predicted octanol–water partition coefficient (Wildman–Crippen LogP) is 0.333. The van der Waals surface area contributed by atoms with Crippen molar-refractivity contribution in [3.63, 3.8) is 0 Å². The summed E-state index contributed by atoms with van der Waals surface area (Å²) in [6.45, 7) is 2.72. The first kappa shape index (κ1) is 7.78. The molecule has 0 fully saturated rings. The van der Waals surface area contributed by atoms with Crippen LogP contribution in [0.5, 0.6) is 0 Å². The maximum absolute atomic E-state index is 10.8. The number of esters is 1.